The number of benzene rings is 3. The smallest absolute Gasteiger partial charge is 0.193 e. The van der Waals surface area contributed by atoms with Gasteiger partial charge in [-0.3, -0.25) is 4.79 Å². The van der Waals surface area contributed by atoms with E-state index in [1.165, 1.54) is 0 Å². The van der Waals surface area contributed by atoms with Crippen molar-refractivity contribution >= 4 is 40.5 Å². The summed E-state index contributed by atoms with van der Waals surface area (Å²) in [7, 11) is 0. The van der Waals surface area contributed by atoms with Gasteiger partial charge in [-0.2, -0.15) is 0 Å². The van der Waals surface area contributed by atoms with Crippen LogP contribution < -0.4 is 5.32 Å². The number of thioether (sulfide) groups is 1. The van der Waals surface area contributed by atoms with Crippen LogP contribution in [-0.2, 0) is 0 Å². The highest BCUT2D eigenvalue weighted by molar-refractivity contribution is 8.00. The van der Waals surface area contributed by atoms with E-state index in [1.807, 2.05) is 60.7 Å². The molecule has 5 rings (SSSR count). The minimum absolute atomic E-state index is 0.0911. The summed E-state index contributed by atoms with van der Waals surface area (Å²) in [6.45, 7) is 0. The molecule has 0 spiro atoms. The number of halogens is 1. The fourth-order valence-electron chi connectivity index (χ4n) is 3.59. The van der Waals surface area contributed by atoms with Gasteiger partial charge in [0.25, 0.3) is 0 Å². The monoisotopic (exact) mass is 375 g/mol. The van der Waals surface area contributed by atoms with Crippen molar-refractivity contribution in [2.75, 3.05) is 5.32 Å². The maximum atomic E-state index is 13.3. The van der Waals surface area contributed by atoms with Crippen LogP contribution in [0.15, 0.2) is 83.3 Å². The van der Waals surface area contributed by atoms with Crippen LogP contribution in [0.2, 0.25) is 5.02 Å². The van der Waals surface area contributed by atoms with Crippen LogP contribution in [0.25, 0.3) is 5.70 Å². The standard InChI is InChI=1S/C22H14ClNOS/c23-14-7-5-6-13(12-14)22-19-20(15-8-1-2-9-16(15)21(19)25)24-17-10-3-4-11-18(17)26-22/h1-12,22,24H/t22-/m0/s1. The number of carbonyl (C=O) groups excluding carboxylic acids is 1. The fourth-order valence-corrected chi connectivity index (χ4v) is 5.07. The van der Waals surface area contributed by atoms with Gasteiger partial charge in [-0.05, 0) is 29.8 Å². The number of rotatable bonds is 1. The first-order chi connectivity index (χ1) is 12.7. The highest BCUT2D eigenvalue weighted by Crippen LogP contribution is 2.52. The minimum atomic E-state index is -0.111. The molecule has 2 nitrogen and oxygen atoms in total. The Labute approximate surface area is 160 Å². The van der Waals surface area contributed by atoms with E-state index in [9.17, 15) is 4.79 Å². The Bertz CT molecular complexity index is 1090. The molecule has 2 aliphatic rings. The second kappa shape index (κ2) is 6.04. The third-order valence-corrected chi connectivity index (χ3v) is 6.35. The van der Waals surface area contributed by atoms with Gasteiger partial charge in [0.05, 0.1) is 16.6 Å². The minimum Gasteiger partial charge on any atom is -0.354 e. The third kappa shape index (κ3) is 2.39. The highest BCUT2D eigenvalue weighted by atomic mass is 35.5. The van der Waals surface area contributed by atoms with E-state index < -0.39 is 0 Å². The molecule has 0 saturated heterocycles. The number of hydrogen-bond acceptors (Lipinski definition) is 3. The topological polar surface area (TPSA) is 29.1 Å². The van der Waals surface area contributed by atoms with E-state index in [0.717, 1.165) is 38.5 Å². The van der Waals surface area contributed by atoms with Gasteiger partial charge in [0, 0.05) is 26.6 Å². The first kappa shape index (κ1) is 15.7. The Kier molecular flexibility index (Phi) is 3.66. The second-order valence-corrected chi connectivity index (χ2v) is 7.92. The molecular weight excluding hydrogens is 362 g/mol. The molecule has 0 saturated carbocycles. The fraction of sp³-hybridized carbons (Fsp3) is 0.0455. The largest absolute Gasteiger partial charge is 0.354 e. The Morgan fingerprint density at radius 2 is 1.65 bits per heavy atom. The maximum Gasteiger partial charge on any atom is 0.193 e. The summed E-state index contributed by atoms with van der Waals surface area (Å²) < 4.78 is 0. The molecular formula is C22H14ClNOS. The van der Waals surface area contributed by atoms with E-state index in [4.69, 9.17) is 11.6 Å². The summed E-state index contributed by atoms with van der Waals surface area (Å²) in [6, 6.07) is 23.8. The third-order valence-electron chi connectivity index (χ3n) is 4.76. The Morgan fingerprint density at radius 1 is 0.885 bits per heavy atom. The molecule has 1 aliphatic carbocycles. The highest BCUT2D eigenvalue weighted by Gasteiger charge is 2.38. The van der Waals surface area contributed by atoms with Gasteiger partial charge >= 0.3 is 0 Å². The molecule has 0 unspecified atom stereocenters. The van der Waals surface area contributed by atoms with Gasteiger partial charge in [0.2, 0.25) is 0 Å². The van der Waals surface area contributed by atoms with Gasteiger partial charge in [-0.1, -0.05) is 60.1 Å². The van der Waals surface area contributed by atoms with Gasteiger partial charge < -0.3 is 5.32 Å². The first-order valence-electron chi connectivity index (χ1n) is 8.39. The van der Waals surface area contributed by atoms with Crippen molar-refractivity contribution in [3.8, 4) is 0 Å². The van der Waals surface area contributed by atoms with Crippen LogP contribution in [-0.4, -0.2) is 5.78 Å². The summed E-state index contributed by atoms with van der Waals surface area (Å²) >= 11 is 7.94. The van der Waals surface area contributed by atoms with E-state index in [1.54, 1.807) is 11.8 Å². The zero-order chi connectivity index (χ0) is 17.7. The van der Waals surface area contributed by atoms with E-state index in [-0.39, 0.29) is 11.0 Å². The van der Waals surface area contributed by atoms with Gasteiger partial charge in [-0.15, -0.1) is 11.8 Å². The molecule has 0 radical (unpaired) electrons. The number of Topliss-reactive ketones (excluding diaryl/α,β-unsaturated/α-hetero) is 1. The number of ketones is 1. The van der Waals surface area contributed by atoms with E-state index in [2.05, 4.69) is 17.4 Å². The summed E-state index contributed by atoms with van der Waals surface area (Å²) in [5.41, 5.74) is 5.50. The Morgan fingerprint density at radius 3 is 2.50 bits per heavy atom. The molecule has 1 heterocycles. The molecule has 0 fully saturated rings. The average molecular weight is 376 g/mol. The lowest BCUT2D eigenvalue weighted by Gasteiger charge is -2.17. The molecule has 4 heteroatoms. The summed E-state index contributed by atoms with van der Waals surface area (Å²) in [4.78, 5) is 14.4. The van der Waals surface area contributed by atoms with Gasteiger partial charge in [-0.25, -0.2) is 0 Å². The number of fused-ring (bicyclic) bond motifs is 3. The van der Waals surface area contributed by atoms with Crippen LogP contribution in [0.1, 0.15) is 26.7 Å². The summed E-state index contributed by atoms with van der Waals surface area (Å²) in [6.07, 6.45) is 0. The molecule has 0 amide bonds. The molecule has 1 atom stereocenters. The zero-order valence-corrected chi connectivity index (χ0v) is 15.3. The first-order valence-corrected chi connectivity index (χ1v) is 9.64. The molecule has 3 aromatic rings. The van der Waals surface area contributed by atoms with Crippen molar-refractivity contribution in [3.63, 3.8) is 0 Å². The molecule has 1 N–H and O–H groups in total. The molecule has 0 aromatic heterocycles. The molecule has 1 aliphatic heterocycles. The van der Waals surface area contributed by atoms with Crippen molar-refractivity contribution in [1.29, 1.82) is 0 Å². The second-order valence-electron chi connectivity index (χ2n) is 6.34. The lowest BCUT2D eigenvalue weighted by atomic mass is 10.0. The van der Waals surface area contributed by atoms with Crippen molar-refractivity contribution in [1.82, 2.24) is 0 Å². The Balaban J connectivity index is 1.76. The van der Waals surface area contributed by atoms with Crippen LogP contribution in [0.3, 0.4) is 0 Å². The van der Waals surface area contributed by atoms with Crippen molar-refractivity contribution in [2.45, 2.75) is 10.1 Å². The number of anilines is 1. The number of nitrogens with one attached hydrogen (secondary N) is 1. The number of para-hydroxylation sites is 1. The van der Waals surface area contributed by atoms with Gasteiger partial charge in [0.15, 0.2) is 5.78 Å². The number of carbonyl (C=O) groups is 1. The predicted octanol–water partition coefficient (Wildman–Crippen LogP) is 6.21. The normalized spacial score (nSPS) is 17.9. The van der Waals surface area contributed by atoms with Crippen LogP contribution in [0, 0.1) is 0 Å². The molecule has 126 valence electrons. The van der Waals surface area contributed by atoms with Gasteiger partial charge in [0.1, 0.15) is 0 Å². The van der Waals surface area contributed by atoms with Crippen molar-refractivity contribution in [3.05, 3.63) is 100 Å². The summed E-state index contributed by atoms with van der Waals surface area (Å²) in [5, 5.41) is 4.10. The molecule has 26 heavy (non-hydrogen) atoms. The van der Waals surface area contributed by atoms with Crippen molar-refractivity contribution < 1.29 is 4.79 Å². The molecule has 0 bridgehead atoms. The van der Waals surface area contributed by atoms with Crippen LogP contribution >= 0.6 is 23.4 Å². The van der Waals surface area contributed by atoms with Crippen LogP contribution in [0.5, 0.6) is 0 Å². The van der Waals surface area contributed by atoms with Crippen molar-refractivity contribution in [2.24, 2.45) is 0 Å². The lowest BCUT2D eigenvalue weighted by Crippen LogP contribution is -2.07. The predicted molar refractivity (Wildman–Crippen MR) is 108 cm³/mol. The SMILES string of the molecule is O=C1C2=C(Nc3ccccc3S[C@H]2c2cccc(Cl)c2)c2ccccc21. The average Bonchev–Trinajstić information content (AvgIpc) is 2.83. The summed E-state index contributed by atoms with van der Waals surface area (Å²) in [5.74, 6) is 0.0911. The van der Waals surface area contributed by atoms with E-state index in [0.29, 0.717) is 5.02 Å². The Hall–Kier alpha value is -2.49. The van der Waals surface area contributed by atoms with Crippen LogP contribution in [0.4, 0.5) is 5.69 Å². The zero-order valence-electron chi connectivity index (χ0n) is 13.7. The maximum absolute atomic E-state index is 13.3. The molecule has 3 aromatic carbocycles. The number of hydrogen-bond donors (Lipinski definition) is 1. The van der Waals surface area contributed by atoms with E-state index >= 15 is 0 Å². The lowest BCUT2D eigenvalue weighted by molar-refractivity contribution is 0.103. The quantitative estimate of drug-likeness (QED) is 0.548.